The van der Waals surface area contributed by atoms with Crippen molar-refractivity contribution in [2.24, 2.45) is 11.7 Å². The van der Waals surface area contributed by atoms with Crippen LogP contribution in [0.5, 0.6) is 0 Å². The Bertz CT molecular complexity index is 321. The molecule has 1 saturated heterocycles. The minimum atomic E-state index is 0.149. The summed E-state index contributed by atoms with van der Waals surface area (Å²) in [6.07, 6.45) is 6.02. The Hall–Kier alpha value is -1.07. The average molecular weight is 252 g/mol. The zero-order chi connectivity index (χ0) is 13.1. The summed E-state index contributed by atoms with van der Waals surface area (Å²) in [7, 11) is 3.67. The molecule has 0 bridgehead atoms. The number of nitrogens with two attached hydrogens (primary N) is 1. The monoisotopic (exact) mass is 252 g/mol. The first kappa shape index (κ1) is 13.4. The first-order valence-corrected chi connectivity index (χ1v) is 6.70. The zero-order valence-electron chi connectivity index (χ0n) is 11.3. The molecule has 0 aliphatic carbocycles. The number of carbonyl (C=O) groups is 1. The van der Waals surface area contributed by atoms with Crippen LogP contribution in [0.3, 0.4) is 0 Å². The van der Waals surface area contributed by atoms with Crippen LogP contribution in [0.25, 0.3) is 0 Å². The molecule has 0 spiro atoms. The van der Waals surface area contributed by atoms with E-state index in [-0.39, 0.29) is 17.9 Å². The van der Waals surface area contributed by atoms with E-state index in [9.17, 15) is 4.79 Å². The Labute approximate surface area is 109 Å². The number of nitrogens with one attached hydrogen (secondary N) is 1. The molecule has 1 fully saturated rings. The molecular formula is C13H24N4O. The topological polar surface area (TPSA) is 61.6 Å². The van der Waals surface area contributed by atoms with Crippen molar-refractivity contribution in [3.63, 3.8) is 0 Å². The van der Waals surface area contributed by atoms with Gasteiger partial charge in [0.1, 0.15) is 0 Å². The first-order valence-electron chi connectivity index (χ1n) is 6.70. The molecule has 18 heavy (non-hydrogen) atoms. The van der Waals surface area contributed by atoms with Crippen molar-refractivity contribution >= 4 is 5.91 Å². The van der Waals surface area contributed by atoms with Gasteiger partial charge in [-0.05, 0) is 32.1 Å². The van der Waals surface area contributed by atoms with Crippen LogP contribution in [0, 0.1) is 5.92 Å². The van der Waals surface area contributed by atoms with Gasteiger partial charge in [0.25, 0.3) is 0 Å². The lowest BCUT2D eigenvalue weighted by atomic mass is 9.93. The van der Waals surface area contributed by atoms with Gasteiger partial charge in [-0.2, -0.15) is 0 Å². The van der Waals surface area contributed by atoms with E-state index in [1.807, 2.05) is 20.3 Å². The van der Waals surface area contributed by atoms with Crippen molar-refractivity contribution in [1.29, 1.82) is 0 Å². The molecule has 2 atom stereocenters. The second-order valence-electron chi connectivity index (χ2n) is 5.46. The molecule has 1 amide bonds. The molecule has 0 aromatic carbocycles. The summed E-state index contributed by atoms with van der Waals surface area (Å²) in [4.78, 5) is 16.0. The third kappa shape index (κ3) is 2.84. The maximum atomic E-state index is 11.9. The molecular weight excluding hydrogens is 228 g/mol. The van der Waals surface area contributed by atoms with Crippen molar-refractivity contribution < 1.29 is 4.79 Å². The van der Waals surface area contributed by atoms with Gasteiger partial charge < -0.3 is 16.0 Å². The van der Waals surface area contributed by atoms with Crippen LogP contribution in [0.15, 0.2) is 12.3 Å². The predicted molar refractivity (Wildman–Crippen MR) is 71.9 cm³/mol. The third-order valence-corrected chi connectivity index (χ3v) is 3.94. The number of likely N-dealkylation sites (tertiary alicyclic amines) is 1. The molecule has 0 radical (unpaired) electrons. The molecule has 5 heteroatoms. The van der Waals surface area contributed by atoms with Gasteiger partial charge in [-0.1, -0.05) is 6.08 Å². The average Bonchev–Trinajstić information content (AvgIpc) is 2.38. The van der Waals surface area contributed by atoms with E-state index in [2.05, 4.69) is 16.3 Å². The summed E-state index contributed by atoms with van der Waals surface area (Å²) in [5, 5.41) is 3.15. The smallest absolute Gasteiger partial charge is 0.225 e. The highest BCUT2D eigenvalue weighted by atomic mass is 16.2. The van der Waals surface area contributed by atoms with Crippen LogP contribution in [0.4, 0.5) is 0 Å². The van der Waals surface area contributed by atoms with E-state index in [0.29, 0.717) is 6.04 Å². The zero-order valence-corrected chi connectivity index (χ0v) is 11.3. The third-order valence-electron chi connectivity index (χ3n) is 3.94. The van der Waals surface area contributed by atoms with Crippen LogP contribution in [-0.4, -0.2) is 61.5 Å². The summed E-state index contributed by atoms with van der Waals surface area (Å²) < 4.78 is 0. The SMILES string of the molecule is CN(C)C(=O)C1CCN(C2C=CNCC2N)CC1. The van der Waals surface area contributed by atoms with Crippen molar-refractivity contribution in [1.82, 2.24) is 15.1 Å². The standard InChI is InChI=1S/C13H24N4O/c1-16(2)13(18)10-4-7-17(8-5-10)12-3-6-15-9-11(12)14/h3,6,10-12,15H,4-5,7-9,14H2,1-2H3. The largest absolute Gasteiger partial charge is 0.389 e. The molecule has 2 unspecified atom stereocenters. The Morgan fingerprint density at radius 1 is 1.39 bits per heavy atom. The number of nitrogens with zero attached hydrogens (tertiary/aromatic N) is 2. The highest BCUT2D eigenvalue weighted by Crippen LogP contribution is 2.22. The number of amides is 1. The van der Waals surface area contributed by atoms with E-state index in [4.69, 9.17) is 5.73 Å². The summed E-state index contributed by atoms with van der Waals surface area (Å²) in [5.41, 5.74) is 6.12. The second kappa shape index (κ2) is 5.71. The molecule has 0 saturated carbocycles. The van der Waals surface area contributed by atoms with E-state index in [1.54, 1.807) is 4.90 Å². The van der Waals surface area contributed by atoms with Gasteiger partial charge in [0, 0.05) is 38.6 Å². The molecule has 2 rings (SSSR count). The number of hydrogen-bond acceptors (Lipinski definition) is 4. The van der Waals surface area contributed by atoms with Gasteiger partial charge in [0.2, 0.25) is 5.91 Å². The summed E-state index contributed by atoms with van der Waals surface area (Å²) >= 11 is 0. The summed E-state index contributed by atoms with van der Waals surface area (Å²) in [6.45, 7) is 2.76. The van der Waals surface area contributed by atoms with Gasteiger partial charge in [-0.3, -0.25) is 9.69 Å². The van der Waals surface area contributed by atoms with Crippen molar-refractivity contribution in [3.05, 3.63) is 12.3 Å². The normalized spacial score (nSPS) is 29.9. The van der Waals surface area contributed by atoms with Crippen LogP contribution in [0.1, 0.15) is 12.8 Å². The fraction of sp³-hybridized carbons (Fsp3) is 0.769. The van der Waals surface area contributed by atoms with Gasteiger partial charge in [-0.15, -0.1) is 0 Å². The Balaban J connectivity index is 1.88. The Kier molecular flexibility index (Phi) is 4.24. The van der Waals surface area contributed by atoms with Gasteiger partial charge in [0.05, 0.1) is 0 Å². The molecule has 5 nitrogen and oxygen atoms in total. The fourth-order valence-electron chi connectivity index (χ4n) is 2.84. The highest BCUT2D eigenvalue weighted by Gasteiger charge is 2.31. The van der Waals surface area contributed by atoms with E-state index < -0.39 is 0 Å². The lowest BCUT2D eigenvalue weighted by Gasteiger charge is -2.40. The quantitative estimate of drug-likeness (QED) is 0.702. The maximum absolute atomic E-state index is 11.9. The van der Waals surface area contributed by atoms with Crippen LogP contribution in [0.2, 0.25) is 0 Å². The van der Waals surface area contributed by atoms with E-state index in [1.165, 1.54) is 0 Å². The van der Waals surface area contributed by atoms with Crippen molar-refractivity contribution in [3.8, 4) is 0 Å². The van der Waals surface area contributed by atoms with E-state index >= 15 is 0 Å². The Morgan fingerprint density at radius 2 is 2.06 bits per heavy atom. The maximum Gasteiger partial charge on any atom is 0.225 e. The minimum Gasteiger partial charge on any atom is -0.389 e. The summed E-state index contributed by atoms with van der Waals surface area (Å²) in [6, 6.07) is 0.470. The van der Waals surface area contributed by atoms with Gasteiger partial charge in [0.15, 0.2) is 0 Å². The van der Waals surface area contributed by atoms with Gasteiger partial charge >= 0.3 is 0 Å². The second-order valence-corrected chi connectivity index (χ2v) is 5.46. The number of rotatable bonds is 2. The van der Waals surface area contributed by atoms with Crippen LogP contribution in [-0.2, 0) is 4.79 Å². The minimum absolute atomic E-state index is 0.149. The number of piperidine rings is 1. The Morgan fingerprint density at radius 3 is 2.61 bits per heavy atom. The molecule has 102 valence electrons. The molecule has 3 N–H and O–H groups in total. The van der Waals surface area contributed by atoms with E-state index in [0.717, 1.165) is 32.5 Å². The van der Waals surface area contributed by atoms with Crippen LogP contribution < -0.4 is 11.1 Å². The summed E-state index contributed by atoms with van der Waals surface area (Å²) in [5.74, 6) is 0.456. The molecule has 2 aliphatic heterocycles. The van der Waals surface area contributed by atoms with Crippen LogP contribution >= 0.6 is 0 Å². The molecule has 0 aromatic heterocycles. The number of hydrogen-bond donors (Lipinski definition) is 2. The lowest BCUT2D eigenvalue weighted by Crippen LogP contribution is -2.55. The lowest BCUT2D eigenvalue weighted by molar-refractivity contribution is -0.134. The first-order chi connectivity index (χ1) is 8.59. The molecule has 0 aromatic rings. The number of carbonyl (C=O) groups excluding carboxylic acids is 1. The molecule has 2 aliphatic rings. The molecule has 2 heterocycles. The van der Waals surface area contributed by atoms with Crippen molar-refractivity contribution in [2.45, 2.75) is 24.9 Å². The van der Waals surface area contributed by atoms with Gasteiger partial charge in [-0.25, -0.2) is 0 Å². The highest BCUT2D eigenvalue weighted by molar-refractivity contribution is 5.78. The van der Waals surface area contributed by atoms with Crippen molar-refractivity contribution in [2.75, 3.05) is 33.7 Å². The fourth-order valence-corrected chi connectivity index (χ4v) is 2.84. The predicted octanol–water partition coefficient (Wildman–Crippen LogP) is -0.401.